The van der Waals surface area contributed by atoms with Crippen LogP contribution in [0.1, 0.15) is 33.3 Å². The fourth-order valence-corrected chi connectivity index (χ4v) is 3.27. The number of hydrogen-bond acceptors (Lipinski definition) is 3. The Bertz CT molecular complexity index is 886. The van der Waals surface area contributed by atoms with E-state index in [-0.39, 0.29) is 21.7 Å². The van der Waals surface area contributed by atoms with Gasteiger partial charge in [-0.3, -0.25) is 9.52 Å². The predicted octanol–water partition coefficient (Wildman–Crippen LogP) is 3.88. The summed E-state index contributed by atoms with van der Waals surface area (Å²) in [6.07, 6.45) is 0. The molecule has 0 aliphatic rings. The van der Waals surface area contributed by atoms with Gasteiger partial charge >= 0.3 is 0 Å². The molecule has 2 aromatic rings. The first-order valence-electron chi connectivity index (χ1n) is 7.69. The molecule has 0 aliphatic carbocycles. The molecule has 134 valence electrons. The molecule has 25 heavy (non-hydrogen) atoms. The van der Waals surface area contributed by atoms with Crippen molar-refractivity contribution in [1.82, 2.24) is 0 Å². The van der Waals surface area contributed by atoms with Crippen LogP contribution in [0.4, 0.5) is 15.8 Å². The monoisotopic (exact) mass is 364 g/mol. The Hall–Kier alpha value is -2.41. The summed E-state index contributed by atoms with van der Waals surface area (Å²) in [4.78, 5) is 11.2. The van der Waals surface area contributed by atoms with Crippen molar-refractivity contribution in [3.05, 3.63) is 53.8 Å². The summed E-state index contributed by atoms with van der Waals surface area (Å²) >= 11 is 0. The number of rotatable bonds is 4. The van der Waals surface area contributed by atoms with Crippen molar-refractivity contribution in [2.24, 2.45) is 0 Å². The molecule has 7 heteroatoms. The van der Waals surface area contributed by atoms with Crippen LogP contribution in [0.2, 0.25) is 0 Å². The highest BCUT2D eigenvalue weighted by Crippen LogP contribution is 2.25. The van der Waals surface area contributed by atoms with Gasteiger partial charge < -0.3 is 5.32 Å². The third-order valence-electron chi connectivity index (χ3n) is 3.56. The van der Waals surface area contributed by atoms with Crippen molar-refractivity contribution < 1.29 is 17.6 Å². The summed E-state index contributed by atoms with van der Waals surface area (Å²) in [6.45, 7) is 7.36. The molecule has 0 spiro atoms. The van der Waals surface area contributed by atoms with E-state index in [1.165, 1.54) is 31.2 Å². The van der Waals surface area contributed by atoms with Gasteiger partial charge in [0.05, 0.1) is 16.3 Å². The van der Waals surface area contributed by atoms with E-state index in [0.717, 1.165) is 11.6 Å². The number of anilines is 2. The smallest absolute Gasteiger partial charge is 0.261 e. The molecule has 1 amide bonds. The molecule has 0 saturated heterocycles. The molecule has 5 nitrogen and oxygen atoms in total. The maximum Gasteiger partial charge on any atom is 0.261 e. The Morgan fingerprint density at radius 3 is 2.16 bits per heavy atom. The quantitative estimate of drug-likeness (QED) is 0.864. The van der Waals surface area contributed by atoms with Crippen LogP contribution in [0.15, 0.2) is 47.4 Å². The maximum absolute atomic E-state index is 13.6. The normalized spacial score (nSPS) is 11.9. The van der Waals surface area contributed by atoms with Crippen LogP contribution in [-0.2, 0) is 20.2 Å². The van der Waals surface area contributed by atoms with E-state index in [1.54, 1.807) is 12.1 Å². The second-order valence-corrected chi connectivity index (χ2v) is 8.44. The molecule has 0 aromatic heterocycles. The number of benzene rings is 2. The Balaban J connectivity index is 2.28. The summed E-state index contributed by atoms with van der Waals surface area (Å²) in [5.41, 5.74) is 1.00. The average molecular weight is 364 g/mol. The minimum atomic E-state index is -3.82. The first-order valence-corrected chi connectivity index (χ1v) is 9.18. The number of nitrogens with one attached hydrogen (secondary N) is 2. The van der Waals surface area contributed by atoms with Crippen LogP contribution in [0.5, 0.6) is 0 Å². The lowest BCUT2D eigenvalue weighted by Crippen LogP contribution is -2.15. The predicted molar refractivity (Wildman–Crippen MR) is 96.7 cm³/mol. The Kier molecular flexibility index (Phi) is 5.17. The molecule has 0 fully saturated rings. The fourth-order valence-electron chi connectivity index (χ4n) is 2.22. The molecule has 0 bridgehead atoms. The van der Waals surface area contributed by atoms with Gasteiger partial charge in [-0.2, -0.15) is 0 Å². The molecule has 0 heterocycles. The van der Waals surface area contributed by atoms with Gasteiger partial charge in [-0.05, 0) is 41.3 Å². The van der Waals surface area contributed by atoms with Crippen LogP contribution in [0.25, 0.3) is 0 Å². The van der Waals surface area contributed by atoms with E-state index in [9.17, 15) is 17.6 Å². The average Bonchev–Trinajstić information content (AvgIpc) is 2.49. The molecular weight excluding hydrogens is 343 g/mol. The molecule has 0 atom stereocenters. The largest absolute Gasteiger partial charge is 0.324 e. The first kappa shape index (κ1) is 18.9. The molecule has 2 rings (SSSR count). The highest BCUT2D eigenvalue weighted by atomic mass is 32.2. The fraction of sp³-hybridized carbons (Fsp3) is 0.278. The lowest BCUT2D eigenvalue weighted by Gasteiger charge is -2.19. The minimum Gasteiger partial charge on any atom is -0.324 e. The molecule has 2 N–H and O–H groups in total. The zero-order chi connectivity index (χ0) is 18.8. The summed E-state index contributed by atoms with van der Waals surface area (Å²) in [6, 6.07) is 10.2. The van der Waals surface area contributed by atoms with Gasteiger partial charge in [-0.15, -0.1) is 0 Å². The first-order chi connectivity index (χ1) is 11.5. The zero-order valence-corrected chi connectivity index (χ0v) is 15.4. The van der Waals surface area contributed by atoms with E-state index in [1.807, 2.05) is 20.8 Å². The highest BCUT2D eigenvalue weighted by molar-refractivity contribution is 7.92. The number of carbonyl (C=O) groups excluding carboxylic acids is 1. The lowest BCUT2D eigenvalue weighted by atomic mass is 9.87. The van der Waals surface area contributed by atoms with Crippen LogP contribution >= 0.6 is 0 Å². The number of carbonyl (C=O) groups is 1. The Morgan fingerprint density at radius 1 is 1.04 bits per heavy atom. The number of amides is 1. The number of hydrogen-bond donors (Lipinski definition) is 2. The second kappa shape index (κ2) is 6.84. The molecule has 0 unspecified atom stereocenters. The van der Waals surface area contributed by atoms with Gasteiger partial charge in [0.1, 0.15) is 5.82 Å². The maximum atomic E-state index is 13.6. The van der Waals surface area contributed by atoms with E-state index < -0.39 is 21.7 Å². The van der Waals surface area contributed by atoms with Crippen molar-refractivity contribution in [2.75, 3.05) is 10.0 Å². The molecule has 0 aliphatic heterocycles. The topological polar surface area (TPSA) is 75.3 Å². The summed E-state index contributed by atoms with van der Waals surface area (Å²) in [5, 5.41) is 2.31. The van der Waals surface area contributed by atoms with Crippen molar-refractivity contribution in [1.29, 1.82) is 0 Å². The van der Waals surface area contributed by atoms with Gasteiger partial charge in [-0.25, -0.2) is 12.8 Å². The van der Waals surface area contributed by atoms with Crippen molar-refractivity contribution >= 4 is 27.3 Å². The molecule has 0 saturated carbocycles. The van der Waals surface area contributed by atoms with Crippen molar-refractivity contribution in [2.45, 2.75) is 38.0 Å². The van der Waals surface area contributed by atoms with Crippen LogP contribution in [-0.4, -0.2) is 14.3 Å². The lowest BCUT2D eigenvalue weighted by molar-refractivity contribution is -0.114. The van der Waals surface area contributed by atoms with E-state index in [4.69, 9.17) is 0 Å². The Morgan fingerprint density at radius 2 is 1.64 bits per heavy atom. The zero-order valence-electron chi connectivity index (χ0n) is 14.6. The number of sulfonamides is 1. The van der Waals surface area contributed by atoms with Crippen LogP contribution < -0.4 is 10.0 Å². The minimum absolute atomic E-state index is 0.0834. The summed E-state index contributed by atoms with van der Waals surface area (Å²) in [7, 11) is -3.82. The van der Waals surface area contributed by atoms with Gasteiger partial charge in [0.2, 0.25) is 5.91 Å². The van der Waals surface area contributed by atoms with Crippen molar-refractivity contribution in [3.63, 3.8) is 0 Å². The highest BCUT2D eigenvalue weighted by Gasteiger charge is 2.18. The number of halogens is 1. The van der Waals surface area contributed by atoms with E-state index in [0.29, 0.717) is 0 Å². The third-order valence-corrected chi connectivity index (χ3v) is 4.96. The van der Waals surface area contributed by atoms with E-state index >= 15 is 0 Å². The van der Waals surface area contributed by atoms with Gasteiger partial charge in [0.15, 0.2) is 0 Å². The van der Waals surface area contributed by atoms with E-state index in [2.05, 4.69) is 10.0 Å². The molecule has 2 aromatic carbocycles. The standard InChI is InChI=1S/C18H21FN2O3S/c1-12(22)20-17-11-14(7-10-16(17)19)21-25(23,24)15-8-5-13(6-9-15)18(2,3)4/h5-11,21H,1-4H3,(H,20,22). The second-order valence-electron chi connectivity index (χ2n) is 6.76. The van der Waals surface area contributed by atoms with Gasteiger partial charge in [-0.1, -0.05) is 32.9 Å². The van der Waals surface area contributed by atoms with Crippen molar-refractivity contribution in [3.8, 4) is 0 Å². The van der Waals surface area contributed by atoms with Gasteiger partial charge in [0, 0.05) is 6.92 Å². The summed E-state index contributed by atoms with van der Waals surface area (Å²) in [5.74, 6) is -1.09. The molecular formula is C18H21FN2O3S. The Labute approximate surface area is 147 Å². The molecule has 0 radical (unpaired) electrons. The summed E-state index contributed by atoms with van der Waals surface area (Å²) < 4.78 is 41.0. The van der Waals surface area contributed by atoms with Gasteiger partial charge in [0.25, 0.3) is 10.0 Å². The third kappa shape index (κ3) is 4.79. The SMILES string of the molecule is CC(=O)Nc1cc(NS(=O)(=O)c2ccc(C(C)(C)C)cc2)ccc1F. The van der Waals surface area contributed by atoms with Crippen LogP contribution in [0, 0.1) is 5.82 Å². The van der Waals surface area contributed by atoms with Crippen LogP contribution in [0.3, 0.4) is 0 Å².